The standard InChI is InChI=1S/C18H22BrFN4O.C17H19FN4O2/c1-13-16(19)17(21-22(13)2)18(25)24-11-9-23(10-12-24)8-7-14-3-5-15(20)6-4-14;1-12-10-15(20-19-12)17(24)22-8-6-21(7-9-22)11-16(23)13-2-4-14(18)5-3-13/h3-6H,7-12H2,1-2H3;2-5,10H,6-9,11H2,1H3,(H,19,20). The highest BCUT2D eigenvalue weighted by Crippen LogP contribution is 2.22. The molecule has 2 fully saturated rings. The monoisotopic (exact) mass is 738 g/mol. The number of ketones is 1. The van der Waals surface area contributed by atoms with Gasteiger partial charge in [-0.05, 0) is 84.2 Å². The first-order valence-corrected chi connectivity index (χ1v) is 17.1. The number of hydrogen-bond donors (Lipinski definition) is 1. The van der Waals surface area contributed by atoms with E-state index in [1.165, 1.54) is 36.4 Å². The number of carbonyl (C=O) groups is 3. The van der Waals surface area contributed by atoms with Gasteiger partial charge in [0.05, 0.1) is 16.7 Å². The number of rotatable bonds is 8. The zero-order valence-corrected chi connectivity index (χ0v) is 29.5. The topological polar surface area (TPSA) is 111 Å². The summed E-state index contributed by atoms with van der Waals surface area (Å²) in [4.78, 5) is 45.1. The highest BCUT2D eigenvalue weighted by molar-refractivity contribution is 9.10. The van der Waals surface area contributed by atoms with Crippen LogP contribution in [0, 0.1) is 25.5 Å². The van der Waals surface area contributed by atoms with Gasteiger partial charge in [-0.15, -0.1) is 0 Å². The minimum absolute atomic E-state index is 0.0197. The Morgan fingerprint density at radius 1 is 0.796 bits per heavy atom. The van der Waals surface area contributed by atoms with Gasteiger partial charge >= 0.3 is 0 Å². The fourth-order valence-electron chi connectivity index (χ4n) is 5.71. The van der Waals surface area contributed by atoms with Crippen LogP contribution in [0.5, 0.6) is 0 Å². The van der Waals surface area contributed by atoms with E-state index in [2.05, 4.69) is 36.1 Å². The van der Waals surface area contributed by atoms with Crippen LogP contribution in [0.4, 0.5) is 8.78 Å². The maximum Gasteiger partial charge on any atom is 0.275 e. The lowest BCUT2D eigenvalue weighted by Crippen LogP contribution is -2.50. The summed E-state index contributed by atoms with van der Waals surface area (Å²) in [6.07, 6.45) is 0.888. The Morgan fingerprint density at radius 3 is 1.88 bits per heavy atom. The second-order valence-electron chi connectivity index (χ2n) is 12.3. The summed E-state index contributed by atoms with van der Waals surface area (Å²) in [5, 5.41) is 11.1. The average Bonchev–Trinajstić information content (AvgIpc) is 3.66. The SMILES string of the molecule is Cc1c(Br)c(C(=O)N2CCN(CCc3ccc(F)cc3)CC2)nn1C.Cc1cc(C(=O)N2CCN(CC(=O)c3ccc(F)cc3)CC2)n[nH]1. The lowest BCUT2D eigenvalue weighted by molar-refractivity contribution is 0.0615. The number of aryl methyl sites for hydroxylation is 2. The molecule has 260 valence electrons. The van der Waals surface area contributed by atoms with Gasteiger partial charge in [-0.25, -0.2) is 8.78 Å². The van der Waals surface area contributed by atoms with Gasteiger partial charge in [0.1, 0.15) is 17.3 Å². The van der Waals surface area contributed by atoms with E-state index in [4.69, 9.17) is 0 Å². The summed E-state index contributed by atoms with van der Waals surface area (Å²) in [5.41, 5.74) is 4.33. The second-order valence-corrected chi connectivity index (χ2v) is 13.1. The van der Waals surface area contributed by atoms with Crippen molar-refractivity contribution in [3.05, 3.63) is 105 Å². The molecule has 0 spiro atoms. The van der Waals surface area contributed by atoms with Crippen molar-refractivity contribution in [3.63, 3.8) is 0 Å². The van der Waals surface area contributed by atoms with Gasteiger partial charge in [0.25, 0.3) is 11.8 Å². The summed E-state index contributed by atoms with van der Waals surface area (Å²) in [6.45, 7) is 10.4. The molecule has 4 aromatic rings. The zero-order chi connectivity index (χ0) is 35.1. The molecule has 0 radical (unpaired) electrons. The van der Waals surface area contributed by atoms with E-state index in [9.17, 15) is 23.2 Å². The smallest absolute Gasteiger partial charge is 0.275 e. The number of aromatic amines is 1. The molecule has 2 aliphatic heterocycles. The molecule has 2 aliphatic rings. The Morgan fingerprint density at radius 2 is 1.35 bits per heavy atom. The van der Waals surface area contributed by atoms with Crippen molar-refractivity contribution < 1.29 is 23.2 Å². The Bertz CT molecular complexity index is 1740. The van der Waals surface area contributed by atoms with Crippen LogP contribution >= 0.6 is 15.9 Å². The van der Waals surface area contributed by atoms with Crippen molar-refractivity contribution in [2.45, 2.75) is 20.3 Å². The lowest BCUT2D eigenvalue weighted by Gasteiger charge is -2.34. The number of halogens is 3. The van der Waals surface area contributed by atoms with Gasteiger partial charge in [0.15, 0.2) is 11.5 Å². The molecule has 2 aromatic carbocycles. The molecule has 0 bridgehead atoms. The summed E-state index contributed by atoms with van der Waals surface area (Å²) in [5.74, 6) is -0.714. The van der Waals surface area contributed by atoms with Gasteiger partial charge in [0.2, 0.25) is 0 Å². The van der Waals surface area contributed by atoms with E-state index in [0.717, 1.165) is 47.5 Å². The number of piperazine rings is 2. The Hall–Kier alpha value is -4.27. The molecular formula is C35H41BrF2N8O3. The van der Waals surface area contributed by atoms with E-state index in [1.807, 2.05) is 42.8 Å². The Balaban J connectivity index is 0.000000191. The van der Waals surface area contributed by atoms with Crippen LogP contribution in [0.1, 0.15) is 48.3 Å². The third kappa shape index (κ3) is 9.46. The van der Waals surface area contributed by atoms with E-state index in [-0.39, 0.29) is 35.8 Å². The predicted octanol–water partition coefficient (Wildman–Crippen LogP) is 4.13. The summed E-state index contributed by atoms with van der Waals surface area (Å²) in [7, 11) is 1.84. The molecule has 2 aromatic heterocycles. The van der Waals surface area contributed by atoms with Crippen LogP contribution in [0.15, 0.2) is 59.1 Å². The van der Waals surface area contributed by atoms with Crippen molar-refractivity contribution >= 4 is 33.5 Å². The molecule has 0 unspecified atom stereocenters. The molecule has 6 rings (SSSR count). The van der Waals surface area contributed by atoms with E-state index >= 15 is 0 Å². The maximum absolute atomic E-state index is 12.9. The molecule has 0 atom stereocenters. The number of Topliss-reactive ketones (excluding diaryl/α,β-unsaturated/α-hetero) is 1. The number of nitrogens with zero attached hydrogens (tertiary/aromatic N) is 7. The van der Waals surface area contributed by atoms with Crippen LogP contribution in [0.25, 0.3) is 0 Å². The molecule has 14 heteroatoms. The Kier molecular flexibility index (Phi) is 12.1. The van der Waals surface area contributed by atoms with Crippen molar-refractivity contribution in [1.29, 1.82) is 0 Å². The number of hydrogen-bond acceptors (Lipinski definition) is 7. The van der Waals surface area contributed by atoms with Gasteiger partial charge in [-0.1, -0.05) is 12.1 Å². The van der Waals surface area contributed by atoms with E-state index in [1.54, 1.807) is 15.6 Å². The number of aromatic nitrogens is 4. The fraction of sp³-hybridized carbons (Fsp3) is 0.400. The third-order valence-corrected chi connectivity index (χ3v) is 9.82. The first-order valence-electron chi connectivity index (χ1n) is 16.3. The molecule has 2 amide bonds. The van der Waals surface area contributed by atoms with Crippen LogP contribution in [-0.2, 0) is 13.5 Å². The molecular weight excluding hydrogens is 698 g/mol. The van der Waals surface area contributed by atoms with Crippen LogP contribution in [0.2, 0.25) is 0 Å². The summed E-state index contributed by atoms with van der Waals surface area (Å²) >= 11 is 3.47. The summed E-state index contributed by atoms with van der Waals surface area (Å²) < 4.78 is 28.3. The number of amides is 2. The Labute approximate surface area is 293 Å². The number of carbonyl (C=O) groups excluding carboxylic acids is 3. The molecule has 2 saturated heterocycles. The minimum Gasteiger partial charge on any atom is -0.335 e. The highest BCUT2D eigenvalue weighted by Gasteiger charge is 2.27. The third-order valence-electron chi connectivity index (χ3n) is 8.87. The van der Waals surface area contributed by atoms with Gasteiger partial charge < -0.3 is 9.80 Å². The fourth-order valence-corrected chi connectivity index (χ4v) is 6.22. The number of H-pyrrole nitrogens is 1. The van der Waals surface area contributed by atoms with E-state index < -0.39 is 0 Å². The molecule has 0 saturated carbocycles. The average molecular weight is 740 g/mol. The maximum atomic E-state index is 12.9. The largest absolute Gasteiger partial charge is 0.335 e. The molecule has 0 aliphatic carbocycles. The minimum atomic E-state index is -0.354. The van der Waals surface area contributed by atoms with Crippen LogP contribution in [-0.4, -0.2) is 123 Å². The first-order chi connectivity index (χ1) is 23.5. The highest BCUT2D eigenvalue weighted by atomic mass is 79.9. The van der Waals surface area contributed by atoms with Crippen molar-refractivity contribution in [2.75, 3.05) is 65.4 Å². The van der Waals surface area contributed by atoms with Crippen molar-refractivity contribution in [2.24, 2.45) is 7.05 Å². The van der Waals surface area contributed by atoms with Crippen LogP contribution < -0.4 is 0 Å². The van der Waals surface area contributed by atoms with Gasteiger partial charge in [-0.3, -0.25) is 34.0 Å². The normalized spacial score (nSPS) is 15.6. The van der Waals surface area contributed by atoms with E-state index in [0.29, 0.717) is 56.2 Å². The quantitative estimate of drug-likeness (QED) is 0.271. The van der Waals surface area contributed by atoms with Crippen molar-refractivity contribution in [3.8, 4) is 0 Å². The van der Waals surface area contributed by atoms with Crippen molar-refractivity contribution in [1.82, 2.24) is 39.6 Å². The van der Waals surface area contributed by atoms with Crippen LogP contribution in [0.3, 0.4) is 0 Å². The zero-order valence-electron chi connectivity index (χ0n) is 28.0. The summed E-state index contributed by atoms with van der Waals surface area (Å²) in [6, 6.07) is 14.0. The molecule has 49 heavy (non-hydrogen) atoms. The number of nitrogens with one attached hydrogen (secondary N) is 1. The van der Waals surface area contributed by atoms with Gasteiger partial charge in [0, 0.05) is 77.2 Å². The lowest BCUT2D eigenvalue weighted by atomic mass is 10.1. The van der Waals surface area contributed by atoms with Gasteiger partial charge in [-0.2, -0.15) is 10.2 Å². The molecule has 4 heterocycles. The second kappa shape index (κ2) is 16.4. The molecule has 1 N–H and O–H groups in total. The first kappa shape index (κ1) is 36.0. The number of benzene rings is 2. The molecule has 11 nitrogen and oxygen atoms in total. The predicted molar refractivity (Wildman–Crippen MR) is 184 cm³/mol.